The third-order valence-electron chi connectivity index (χ3n) is 3.48. The van der Waals surface area contributed by atoms with Crippen molar-refractivity contribution in [3.8, 4) is 5.75 Å². The molecule has 1 fully saturated rings. The van der Waals surface area contributed by atoms with Crippen LogP contribution in [0.3, 0.4) is 0 Å². The summed E-state index contributed by atoms with van der Waals surface area (Å²) in [5.74, 6) is -0.347. The molecule has 6 nitrogen and oxygen atoms in total. The van der Waals surface area contributed by atoms with Gasteiger partial charge in [-0.3, -0.25) is 9.48 Å². The van der Waals surface area contributed by atoms with Gasteiger partial charge in [0.05, 0.1) is 6.04 Å². The molecule has 22 heavy (non-hydrogen) atoms. The minimum absolute atomic E-state index is 0.0557. The molecule has 7 heteroatoms. The van der Waals surface area contributed by atoms with Gasteiger partial charge in [-0.15, -0.1) is 0 Å². The van der Waals surface area contributed by atoms with Crippen LogP contribution in [0.25, 0.3) is 0 Å². The number of rotatable bonds is 5. The van der Waals surface area contributed by atoms with Crippen LogP contribution in [-0.4, -0.2) is 35.4 Å². The SMILES string of the molecule is O=C(COc1ccccc1F)Nc1ccn(C2CCNC2)n1. The number of hydrogen-bond donors (Lipinski definition) is 2. The van der Waals surface area contributed by atoms with E-state index in [1.807, 2.05) is 10.9 Å². The lowest BCUT2D eigenvalue weighted by molar-refractivity contribution is -0.118. The van der Waals surface area contributed by atoms with E-state index in [2.05, 4.69) is 15.7 Å². The second-order valence-corrected chi connectivity index (χ2v) is 5.09. The molecule has 0 aliphatic carbocycles. The molecule has 0 bridgehead atoms. The monoisotopic (exact) mass is 304 g/mol. The van der Waals surface area contributed by atoms with Gasteiger partial charge in [-0.2, -0.15) is 5.10 Å². The second kappa shape index (κ2) is 6.57. The van der Waals surface area contributed by atoms with E-state index in [-0.39, 0.29) is 18.3 Å². The van der Waals surface area contributed by atoms with Crippen molar-refractivity contribution in [2.75, 3.05) is 25.0 Å². The number of ether oxygens (including phenoxy) is 1. The molecular formula is C15H17FN4O2. The van der Waals surface area contributed by atoms with Crippen molar-refractivity contribution in [1.29, 1.82) is 0 Å². The number of halogens is 1. The third-order valence-corrected chi connectivity index (χ3v) is 3.48. The maximum Gasteiger partial charge on any atom is 0.263 e. The van der Waals surface area contributed by atoms with Crippen LogP contribution >= 0.6 is 0 Å². The summed E-state index contributed by atoms with van der Waals surface area (Å²) < 4.78 is 20.4. The molecule has 1 aromatic heterocycles. The molecule has 116 valence electrons. The van der Waals surface area contributed by atoms with Crippen LogP contribution in [0.15, 0.2) is 36.5 Å². The molecule has 1 unspecified atom stereocenters. The summed E-state index contributed by atoms with van der Waals surface area (Å²) in [6.07, 6.45) is 2.86. The average Bonchev–Trinajstić information content (AvgIpc) is 3.17. The van der Waals surface area contributed by atoms with Crippen LogP contribution in [0.1, 0.15) is 12.5 Å². The summed E-state index contributed by atoms with van der Waals surface area (Å²) in [6.45, 7) is 1.59. The number of hydrogen-bond acceptors (Lipinski definition) is 4. The first-order valence-corrected chi connectivity index (χ1v) is 7.15. The van der Waals surface area contributed by atoms with Gasteiger partial charge in [0.25, 0.3) is 5.91 Å². The molecule has 2 heterocycles. The number of aromatic nitrogens is 2. The van der Waals surface area contributed by atoms with Crippen molar-refractivity contribution in [2.45, 2.75) is 12.5 Å². The number of nitrogens with one attached hydrogen (secondary N) is 2. The Labute approximate surface area is 127 Å². The maximum absolute atomic E-state index is 13.4. The molecule has 0 radical (unpaired) electrons. The summed E-state index contributed by atoms with van der Waals surface area (Å²) in [6, 6.07) is 8.02. The van der Waals surface area contributed by atoms with Gasteiger partial charge in [-0.05, 0) is 25.1 Å². The predicted octanol–water partition coefficient (Wildman–Crippen LogP) is 1.57. The molecule has 1 aromatic carbocycles. The van der Waals surface area contributed by atoms with E-state index in [9.17, 15) is 9.18 Å². The van der Waals surface area contributed by atoms with Crippen LogP contribution in [0.4, 0.5) is 10.2 Å². The summed E-state index contributed by atoms with van der Waals surface area (Å²) in [4.78, 5) is 11.8. The van der Waals surface area contributed by atoms with Crippen molar-refractivity contribution in [2.24, 2.45) is 0 Å². The molecule has 0 saturated carbocycles. The van der Waals surface area contributed by atoms with Crippen LogP contribution in [0.2, 0.25) is 0 Å². The Hall–Kier alpha value is -2.41. The fourth-order valence-corrected chi connectivity index (χ4v) is 2.36. The quantitative estimate of drug-likeness (QED) is 0.880. The molecule has 2 aromatic rings. The number of nitrogens with zero attached hydrogens (tertiary/aromatic N) is 2. The Balaban J connectivity index is 1.52. The zero-order valence-electron chi connectivity index (χ0n) is 12.0. The van der Waals surface area contributed by atoms with Crippen LogP contribution < -0.4 is 15.4 Å². The van der Waals surface area contributed by atoms with E-state index in [0.29, 0.717) is 11.9 Å². The molecule has 1 atom stereocenters. The van der Waals surface area contributed by atoms with E-state index >= 15 is 0 Å². The fourth-order valence-electron chi connectivity index (χ4n) is 2.36. The summed E-state index contributed by atoms with van der Waals surface area (Å²) in [5, 5.41) is 10.2. The number of amides is 1. The Kier molecular flexibility index (Phi) is 4.34. The fraction of sp³-hybridized carbons (Fsp3) is 0.333. The Bertz CT molecular complexity index is 652. The topological polar surface area (TPSA) is 68.2 Å². The van der Waals surface area contributed by atoms with Crippen molar-refractivity contribution in [1.82, 2.24) is 15.1 Å². The zero-order valence-corrected chi connectivity index (χ0v) is 12.0. The van der Waals surface area contributed by atoms with Gasteiger partial charge >= 0.3 is 0 Å². The van der Waals surface area contributed by atoms with Gasteiger partial charge in [0, 0.05) is 18.8 Å². The highest BCUT2D eigenvalue weighted by molar-refractivity contribution is 5.90. The minimum atomic E-state index is -0.492. The van der Waals surface area contributed by atoms with Gasteiger partial charge in [0.15, 0.2) is 24.0 Å². The molecule has 3 rings (SSSR count). The number of carbonyl (C=O) groups excluding carboxylic acids is 1. The first-order chi connectivity index (χ1) is 10.7. The summed E-state index contributed by atoms with van der Waals surface area (Å²) in [7, 11) is 0. The highest BCUT2D eigenvalue weighted by Crippen LogP contribution is 2.17. The van der Waals surface area contributed by atoms with Gasteiger partial charge in [0.2, 0.25) is 0 Å². The molecule has 1 aliphatic heterocycles. The first kappa shape index (κ1) is 14.5. The van der Waals surface area contributed by atoms with Gasteiger partial charge < -0.3 is 15.4 Å². The van der Waals surface area contributed by atoms with E-state index in [4.69, 9.17) is 4.74 Å². The van der Waals surface area contributed by atoms with E-state index in [0.717, 1.165) is 19.5 Å². The predicted molar refractivity (Wildman–Crippen MR) is 79.3 cm³/mol. The molecule has 1 amide bonds. The molecule has 2 N–H and O–H groups in total. The molecular weight excluding hydrogens is 287 g/mol. The smallest absolute Gasteiger partial charge is 0.263 e. The lowest BCUT2D eigenvalue weighted by atomic mass is 10.3. The number of para-hydroxylation sites is 1. The van der Waals surface area contributed by atoms with Gasteiger partial charge in [0.1, 0.15) is 0 Å². The van der Waals surface area contributed by atoms with Gasteiger partial charge in [-0.25, -0.2) is 4.39 Å². The van der Waals surface area contributed by atoms with E-state index < -0.39 is 5.82 Å². The lowest BCUT2D eigenvalue weighted by Crippen LogP contribution is -2.21. The molecule has 1 saturated heterocycles. The molecule has 1 aliphatic rings. The lowest BCUT2D eigenvalue weighted by Gasteiger charge is -2.08. The molecule has 0 spiro atoms. The Morgan fingerprint density at radius 1 is 1.45 bits per heavy atom. The number of anilines is 1. The first-order valence-electron chi connectivity index (χ1n) is 7.15. The van der Waals surface area contributed by atoms with Crippen molar-refractivity contribution < 1.29 is 13.9 Å². The number of carbonyl (C=O) groups is 1. The van der Waals surface area contributed by atoms with Crippen molar-refractivity contribution >= 4 is 11.7 Å². The Morgan fingerprint density at radius 2 is 2.32 bits per heavy atom. The van der Waals surface area contributed by atoms with Crippen LogP contribution in [0.5, 0.6) is 5.75 Å². The average molecular weight is 304 g/mol. The van der Waals surface area contributed by atoms with Gasteiger partial charge in [-0.1, -0.05) is 12.1 Å². The summed E-state index contributed by atoms with van der Waals surface area (Å²) in [5.41, 5.74) is 0. The normalized spacial score (nSPS) is 17.4. The zero-order chi connectivity index (χ0) is 15.4. The maximum atomic E-state index is 13.4. The van der Waals surface area contributed by atoms with Crippen molar-refractivity contribution in [3.05, 3.63) is 42.3 Å². The second-order valence-electron chi connectivity index (χ2n) is 5.09. The van der Waals surface area contributed by atoms with E-state index in [1.165, 1.54) is 12.1 Å². The van der Waals surface area contributed by atoms with Crippen LogP contribution in [-0.2, 0) is 4.79 Å². The summed E-state index contributed by atoms with van der Waals surface area (Å²) >= 11 is 0. The highest BCUT2D eigenvalue weighted by Gasteiger charge is 2.17. The van der Waals surface area contributed by atoms with E-state index in [1.54, 1.807) is 18.2 Å². The Morgan fingerprint density at radius 3 is 3.09 bits per heavy atom. The standard InChI is InChI=1S/C15H17FN4O2/c16-12-3-1-2-4-13(12)22-10-15(21)18-14-6-8-20(19-14)11-5-7-17-9-11/h1-4,6,8,11,17H,5,7,9-10H2,(H,18,19,21). The largest absolute Gasteiger partial charge is 0.481 e. The van der Waals surface area contributed by atoms with Crippen LogP contribution in [0, 0.1) is 5.82 Å². The minimum Gasteiger partial charge on any atom is -0.481 e. The third kappa shape index (κ3) is 3.43. The number of benzene rings is 1. The van der Waals surface area contributed by atoms with Crippen molar-refractivity contribution in [3.63, 3.8) is 0 Å². The highest BCUT2D eigenvalue weighted by atomic mass is 19.1.